The van der Waals surface area contributed by atoms with E-state index in [1.807, 2.05) is 6.92 Å². The molecule has 0 saturated carbocycles. The Morgan fingerprint density at radius 2 is 1.83 bits per heavy atom. The van der Waals surface area contributed by atoms with Crippen LogP contribution in [0.4, 0.5) is 4.39 Å². The van der Waals surface area contributed by atoms with Gasteiger partial charge in [0.15, 0.2) is 5.82 Å². The van der Waals surface area contributed by atoms with Crippen molar-refractivity contribution in [2.24, 2.45) is 0 Å². The molecule has 2 N–H and O–H groups in total. The van der Waals surface area contributed by atoms with Crippen LogP contribution in [0.5, 0.6) is 0 Å². The molecule has 0 aliphatic rings. The van der Waals surface area contributed by atoms with Gasteiger partial charge in [0, 0.05) is 18.7 Å². The van der Waals surface area contributed by atoms with Crippen molar-refractivity contribution >= 4 is 27.5 Å². The van der Waals surface area contributed by atoms with Gasteiger partial charge >= 0.3 is 0 Å². The highest BCUT2D eigenvalue weighted by atomic mass is 35.5. The Morgan fingerprint density at radius 1 is 1.17 bits per heavy atom. The summed E-state index contributed by atoms with van der Waals surface area (Å²) in [6.07, 6.45) is 0. The van der Waals surface area contributed by atoms with E-state index in [0.717, 1.165) is 6.07 Å². The molecular weight excluding hydrogens is 355 g/mol. The minimum Gasteiger partial charge on any atom is -0.352 e. The van der Waals surface area contributed by atoms with Crippen LogP contribution in [0.2, 0.25) is 5.02 Å². The third kappa shape index (κ3) is 4.31. The van der Waals surface area contributed by atoms with Crippen molar-refractivity contribution in [3.63, 3.8) is 0 Å². The quantitative estimate of drug-likeness (QED) is 0.821. The summed E-state index contributed by atoms with van der Waals surface area (Å²) in [6, 6.07) is 10.2. The van der Waals surface area contributed by atoms with E-state index < -0.39 is 20.7 Å². The lowest BCUT2D eigenvalue weighted by Gasteiger charge is -2.09. The number of hydrogen-bond donors (Lipinski definition) is 2. The molecule has 0 bridgehead atoms. The van der Waals surface area contributed by atoms with E-state index in [-0.39, 0.29) is 17.5 Å². The summed E-state index contributed by atoms with van der Waals surface area (Å²) in [6.45, 7) is 2.30. The maximum Gasteiger partial charge on any atom is 0.251 e. The van der Waals surface area contributed by atoms with Gasteiger partial charge in [0.05, 0.1) is 5.02 Å². The Hall–Kier alpha value is -1.96. The summed E-state index contributed by atoms with van der Waals surface area (Å²) in [5.41, 5.74) is 1.11. The predicted octanol–water partition coefficient (Wildman–Crippen LogP) is 2.71. The monoisotopic (exact) mass is 370 g/mol. The summed E-state index contributed by atoms with van der Waals surface area (Å²) in [5, 5.41) is 2.41. The normalized spacial score (nSPS) is 11.3. The molecule has 2 aromatic carbocycles. The van der Waals surface area contributed by atoms with E-state index in [9.17, 15) is 17.6 Å². The van der Waals surface area contributed by atoms with Crippen LogP contribution in [0, 0.1) is 5.82 Å². The van der Waals surface area contributed by atoms with Crippen LogP contribution in [0.3, 0.4) is 0 Å². The average Bonchev–Trinajstić information content (AvgIpc) is 2.56. The molecule has 2 aromatic rings. The first kappa shape index (κ1) is 18.4. The van der Waals surface area contributed by atoms with Crippen LogP contribution in [-0.4, -0.2) is 20.9 Å². The fourth-order valence-corrected chi connectivity index (χ4v) is 3.33. The molecule has 0 aromatic heterocycles. The fourth-order valence-electron chi connectivity index (χ4n) is 1.98. The molecule has 0 radical (unpaired) electrons. The number of rotatable bonds is 6. The molecule has 0 aliphatic carbocycles. The minimum absolute atomic E-state index is 0.0377. The van der Waals surface area contributed by atoms with Gasteiger partial charge in [0.1, 0.15) is 4.90 Å². The second-order valence-electron chi connectivity index (χ2n) is 4.93. The van der Waals surface area contributed by atoms with Crippen LogP contribution >= 0.6 is 11.6 Å². The average molecular weight is 371 g/mol. The van der Waals surface area contributed by atoms with Gasteiger partial charge in [-0.1, -0.05) is 29.8 Å². The van der Waals surface area contributed by atoms with Gasteiger partial charge in [-0.15, -0.1) is 0 Å². The van der Waals surface area contributed by atoms with Crippen molar-refractivity contribution in [3.05, 3.63) is 64.4 Å². The molecule has 0 unspecified atom stereocenters. The smallest absolute Gasteiger partial charge is 0.251 e. The Balaban J connectivity index is 2.10. The molecular formula is C16H16ClFN2O3S. The Bertz CT molecular complexity index is 839. The molecule has 1 amide bonds. The summed E-state index contributed by atoms with van der Waals surface area (Å²) < 4.78 is 40.5. The molecule has 128 valence electrons. The number of benzene rings is 2. The highest BCUT2D eigenvalue weighted by Gasteiger charge is 2.20. The fraction of sp³-hybridized carbons (Fsp3) is 0.188. The van der Waals surface area contributed by atoms with Crippen molar-refractivity contribution in [1.29, 1.82) is 0 Å². The lowest BCUT2D eigenvalue weighted by Crippen LogP contribution is -2.24. The maximum atomic E-state index is 13.8. The zero-order valence-electron chi connectivity index (χ0n) is 12.8. The number of hydrogen-bond acceptors (Lipinski definition) is 3. The van der Waals surface area contributed by atoms with Gasteiger partial charge in [0.25, 0.3) is 5.91 Å². The third-order valence-corrected chi connectivity index (χ3v) is 4.94. The van der Waals surface area contributed by atoms with Crippen LogP contribution in [0.25, 0.3) is 0 Å². The van der Waals surface area contributed by atoms with Crippen LogP contribution in [0.1, 0.15) is 22.8 Å². The maximum absolute atomic E-state index is 13.8. The van der Waals surface area contributed by atoms with Gasteiger partial charge in [-0.2, -0.15) is 0 Å². The molecule has 0 heterocycles. The molecule has 0 atom stereocenters. The first-order chi connectivity index (χ1) is 11.3. The summed E-state index contributed by atoms with van der Waals surface area (Å²) in [5.74, 6) is -1.19. The van der Waals surface area contributed by atoms with Gasteiger partial charge < -0.3 is 5.32 Å². The molecule has 24 heavy (non-hydrogen) atoms. The van der Waals surface area contributed by atoms with E-state index in [4.69, 9.17) is 11.6 Å². The van der Waals surface area contributed by atoms with Crippen molar-refractivity contribution in [3.8, 4) is 0 Å². The number of carbonyl (C=O) groups is 1. The number of amides is 1. The molecule has 5 nitrogen and oxygen atoms in total. The summed E-state index contributed by atoms with van der Waals surface area (Å²) >= 11 is 5.60. The molecule has 0 spiro atoms. The second-order valence-corrected chi connectivity index (χ2v) is 7.08. The Kier molecular flexibility index (Phi) is 5.93. The van der Waals surface area contributed by atoms with E-state index in [0.29, 0.717) is 17.7 Å². The first-order valence-electron chi connectivity index (χ1n) is 7.16. The van der Waals surface area contributed by atoms with Crippen molar-refractivity contribution < 1.29 is 17.6 Å². The molecule has 8 heteroatoms. The second kappa shape index (κ2) is 7.74. The number of nitrogens with one attached hydrogen (secondary N) is 2. The molecule has 0 fully saturated rings. The number of halogens is 2. The van der Waals surface area contributed by atoms with Gasteiger partial charge in [-0.25, -0.2) is 17.5 Å². The molecule has 0 aliphatic heterocycles. The largest absolute Gasteiger partial charge is 0.352 e. The Morgan fingerprint density at radius 3 is 2.46 bits per heavy atom. The summed E-state index contributed by atoms with van der Waals surface area (Å²) in [7, 11) is -4.04. The number of sulfonamides is 1. The SMILES string of the molecule is CCNC(=O)c1ccc(CNS(=O)(=O)c2cccc(Cl)c2F)cc1. The van der Waals surface area contributed by atoms with E-state index >= 15 is 0 Å². The van der Waals surface area contributed by atoms with Crippen molar-refractivity contribution in [2.45, 2.75) is 18.4 Å². The van der Waals surface area contributed by atoms with E-state index in [2.05, 4.69) is 10.0 Å². The highest BCUT2D eigenvalue weighted by Crippen LogP contribution is 2.21. The Labute approximate surface area is 144 Å². The summed E-state index contributed by atoms with van der Waals surface area (Å²) in [4.78, 5) is 11.1. The van der Waals surface area contributed by atoms with E-state index in [1.165, 1.54) is 12.1 Å². The topological polar surface area (TPSA) is 75.3 Å². The lowest BCUT2D eigenvalue weighted by atomic mass is 10.1. The standard InChI is InChI=1S/C16H16ClFN2O3S/c1-2-19-16(21)12-8-6-11(7-9-12)10-20-24(22,23)14-5-3-4-13(17)15(14)18/h3-9,20H,2,10H2,1H3,(H,19,21). The van der Waals surface area contributed by atoms with E-state index in [1.54, 1.807) is 24.3 Å². The predicted molar refractivity (Wildman–Crippen MR) is 89.9 cm³/mol. The van der Waals surface area contributed by atoms with Crippen molar-refractivity contribution in [2.75, 3.05) is 6.54 Å². The van der Waals surface area contributed by atoms with Crippen LogP contribution in [0.15, 0.2) is 47.4 Å². The zero-order chi connectivity index (χ0) is 17.7. The van der Waals surface area contributed by atoms with Gasteiger partial charge in [0.2, 0.25) is 10.0 Å². The van der Waals surface area contributed by atoms with Gasteiger partial charge in [-0.05, 0) is 36.8 Å². The molecule has 2 rings (SSSR count). The number of carbonyl (C=O) groups excluding carboxylic acids is 1. The minimum atomic E-state index is -4.04. The van der Waals surface area contributed by atoms with Crippen molar-refractivity contribution in [1.82, 2.24) is 10.0 Å². The zero-order valence-corrected chi connectivity index (χ0v) is 14.4. The lowest BCUT2D eigenvalue weighted by molar-refractivity contribution is 0.0956. The van der Waals surface area contributed by atoms with Crippen LogP contribution < -0.4 is 10.0 Å². The molecule has 0 saturated heterocycles. The highest BCUT2D eigenvalue weighted by molar-refractivity contribution is 7.89. The third-order valence-electron chi connectivity index (χ3n) is 3.23. The van der Waals surface area contributed by atoms with Gasteiger partial charge in [-0.3, -0.25) is 4.79 Å². The van der Waals surface area contributed by atoms with Crippen LogP contribution in [-0.2, 0) is 16.6 Å². The first-order valence-corrected chi connectivity index (χ1v) is 9.02.